The van der Waals surface area contributed by atoms with E-state index in [0.717, 1.165) is 20.8 Å². The number of benzene rings is 4. The summed E-state index contributed by atoms with van der Waals surface area (Å²) >= 11 is 3.40. The minimum absolute atomic E-state index is 0.195. The first kappa shape index (κ1) is 23.2. The van der Waals surface area contributed by atoms with Crippen molar-refractivity contribution in [1.82, 2.24) is 5.43 Å². The molecule has 170 valence electrons. The van der Waals surface area contributed by atoms with Crippen LogP contribution in [0.25, 0.3) is 10.8 Å². The van der Waals surface area contributed by atoms with Crippen LogP contribution in [-0.2, 0) is 4.79 Å². The highest BCUT2D eigenvalue weighted by Crippen LogP contribution is 2.25. The van der Waals surface area contributed by atoms with Gasteiger partial charge in [-0.15, -0.1) is 0 Å². The number of hydrogen-bond acceptors (Lipinski definition) is 5. The highest BCUT2D eigenvalue weighted by Gasteiger charge is 2.12. The van der Waals surface area contributed by atoms with Gasteiger partial charge in [-0.2, -0.15) is 5.10 Å². The van der Waals surface area contributed by atoms with E-state index in [1.807, 2.05) is 61.5 Å². The minimum Gasteiger partial charge on any atom is -0.483 e. The number of rotatable bonds is 7. The minimum atomic E-state index is -0.482. The van der Waals surface area contributed by atoms with E-state index in [0.29, 0.717) is 22.6 Å². The number of esters is 1. The lowest BCUT2D eigenvalue weighted by molar-refractivity contribution is -0.123. The quantitative estimate of drug-likeness (QED) is 0.149. The molecule has 0 aliphatic rings. The second-order valence-corrected chi connectivity index (χ2v) is 8.41. The van der Waals surface area contributed by atoms with E-state index in [1.165, 1.54) is 6.21 Å². The fourth-order valence-corrected chi connectivity index (χ4v) is 3.61. The third-order valence-electron chi connectivity index (χ3n) is 4.96. The van der Waals surface area contributed by atoms with Crippen LogP contribution in [0.1, 0.15) is 21.5 Å². The number of hydrogen-bond donors (Lipinski definition) is 1. The lowest BCUT2D eigenvalue weighted by Crippen LogP contribution is -2.24. The van der Waals surface area contributed by atoms with E-state index < -0.39 is 11.9 Å². The zero-order valence-electron chi connectivity index (χ0n) is 18.3. The fourth-order valence-electron chi connectivity index (χ4n) is 3.23. The smallest absolute Gasteiger partial charge is 0.343 e. The number of aryl methyl sites for hydroxylation is 1. The van der Waals surface area contributed by atoms with Crippen molar-refractivity contribution in [2.75, 3.05) is 6.61 Å². The number of nitrogens with one attached hydrogen (secondary N) is 1. The van der Waals surface area contributed by atoms with Crippen molar-refractivity contribution in [1.29, 1.82) is 0 Å². The molecule has 0 aromatic heterocycles. The second-order valence-electron chi connectivity index (χ2n) is 7.50. The van der Waals surface area contributed by atoms with Gasteiger partial charge in [-0.1, -0.05) is 70.0 Å². The van der Waals surface area contributed by atoms with Crippen molar-refractivity contribution >= 4 is 44.8 Å². The molecule has 0 heterocycles. The average Bonchev–Trinajstić information content (AvgIpc) is 2.84. The normalized spacial score (nSPS) is 10.9. The summed E-state index contributed by atoms with van der Waals surface area (Å²) in [7, 11) is 0. The van der Waals surface area contributed by atoms with Crippen LogP contribution in [0.3, 0.4) is 0 Å². The summed E-state index contributed by atoms with van der Waals surface area (Å²) < 4.78 is 12.0. The molecule has 0 radical (unpaired) electrons. The number of halogens is 1. The van der Waals surface area contributed by atoms with Gasteiger partial charge in [0.25, 0.3) is 5.91 Å². The summed E-state index contributed by atoms with van der Waals surface area (Å²) in [6.07, 6.45) is 1.42. The Morgan fingerprint density at radius 3 is 2.53 bits per heavy atom. The predicted molar refractivity (Wildman–Crippen MR) is 135 cm³/mol. The molecule has 6 nitrogen and oxygen atoms in total. The number of fused-ring (bicyclic) bond motifs is 1. The Hall–Kier alpha value is -3.97. The standard InChI is InChI=1S/C27H21BrN2O4/c1-18-9-11-20(12-10-18)27(32)34-24-14-13-22(28)15-21(24)16-29-30-26(31)17-33-25-8-4-6-19-5-2-3-7-23(19)25/h2-16H,17H2,1H3,(H,30,31). The van der Waals surface area contributed by atoms with Gasteiger partial charge < -0.3 is 9.47 Å². The summed E-state index contributed by atoms with van der Waals surface area (Å²) in [4.78, 5) is 24.7. The number of hydrazone groups is 1. The lowest BCUT2D eigenvalue weighted by Gasteiger charge is -2.09. The van der Waals surface area contributed by atoms with Crippen LogP contribution in [0.5, 0.6) is 11.5 Å². The summed E-state index contributed by atoms with van der Waals surface area (Å²) in [5.41, 5.74) is 4.45. The van der Waals surface area contributed by atoms with Gasteiger partial charge in [0.2, 0.25) is 0 Å². The number of carbonyl (C=O) groups is 2. The number of carbonyl (C=O) groups excluding carboxylic acids is 2. The molecule has 0 saturated carbocycles. The first-order valence-corrected chi connectivity index (χ1v) is 11.3. The van der Waals surface area contributed by atoms with Crippen molar-refractivity contribution in [3.8, 4) is 11.5 Å². The maximum Gasteiger partial charge on any atom is 0.343 e. The molecular formula is C27H21BrN2O4. The molecule has 1 amide bonds. The summed E-state index contributed by atoms with van der Waals surface area (Å²) in [5.74, 6) is 0.0372. The molecule has 0 fully saturated rings. The highest BCUT2D eigenvalue weighted by atomic mass is 79.9. The Kier molecular flexibility index (Phi) is 7.34. The van der Waals surface area contributed by atoms with Gasteiger partial charge in [0.05, 0.1) is 11.8 Å². The SMILES string of the molecule is Cc1ccc(C(=O)Oc2ccc(Br)cc2C=NNC(=O)COc2cccc3ccccc23)cc1. The third kappa shape index (κ3) is 5.88. The Morgan fingerprint density at radius 2 is 1.71 bits per heavy atom. The van der Waals surface area contributed by atoms with Crippen LogP contribution in [0.2, 0.25) is 0 Å². The molecular weight excluding hydrogens is 496 g/mol. The van der Waals surface area contributed by atoms with Gasteiger partial charge in [0.15, 0.2) is 6.61 Å². The zero-order valence-corrected chi connectivity index (χ0v) is 19.9. The Morgan fingerprint density at radius 1 is 0.941 bits per heavy atom. The van der Waals surface area contributed by atoms with E-state index in [1.54, 1.807) is 30.3 Å². The summed E-state index contributed by atoms with van der Waals surface area (Å²) in [6.45, 7) is 1.75. The first-order chi connectivity index (χ1) is 16.5. The molecule has 0 atom stereocenters. The van der Waals surface area contributed by atoms with Crippen LogP contribution in [-0.4, -0.2) is 24.7 Å². The Labute approximate surface area is 205 Å². The molecule has 0 saturated heterocycles. The van der Waals surface area contributed by atoms with Crippen LogP contribution in [0.4, 0.5) is 0 Å². The van der Waals surface area contributed by atoms with Gasteiger partial charge in [-0.05, 0) is 48.7 Å². The van der Waals surface area contributed by atoms with E-state index in [9.17, 15) is 9.59 Å². The van der Waals surface area contributed by atoms with Crippen molar-refractivity contribution in [3.05, 3.63) is 106 Å². The van der Waals surface area contributed by atoms with Crippen molar-refractivity contribution in [3.63, 3.8) is 0 Å². The molecule has 7 heteroatoms. The summed E-state index contributed by atoms with van der Waals surface area (Å²) in [6, 6.07) is 25.7. The molecule has 1 N–H and O–H groups in total. The van der Waals surface area contributed by atoms with Gasteiger partial charge in [-0.3, -0.25) is 4.79 Å². The number of ether oxygens (including phenoxy) is 2. The average molecular weight is 517 g/mol. The van der Waals surface area contributed by atoms with Gasteiger partial charge >= 0.3 is 5.97 Å². The molecule has 34 heavy (non-hydrogen) atoms. The number of nitrogens with zero attached hydrogens (tertiary/aromatic N) is 1. The summed E-state index contributed by atoms with van der Waals surface area (Å²) in [5, 5.41) is 5.95. The van der Waals surface area contributed by atoms with Crippen LogP contribution in [0, 0.1) is 6.92 Å². The van der Waals surface area contributed by atoms with Crippen molar-refractivity contribution in [2.45, 2.75) is 6.92 Å². The largest absolute Gasteiger partial charge is 0.483 e. The van der Waals surface area contributed by atoms with E-state index in [2.05, 4.69) is 26.5 Å². The molecule has 4 aromatic rings. The predicted octanol–water partition coefficient (Wildman–Crippen LogP) is 5.66. The van der Waals surface area contributed by atoms with E-state index >= 15 is 0 Å². The maximum absolute atomic E-state index is 12.5. The van der Waals surface area contributed by atoms with Crippen LogP contribution < -0.4 is 14.9 Å². The van der Waals surface area contributed by atoms with Crippen LogP contribution in [0.15, 0.2) is 94.5 Å². The maximum atomic E-state index is 12.5. The highest BCUT2D eigenvalue weighted by molar-refractivity contribution is 9.10. The molecule has 0 unspecified atom stereocenters. The Bertz CT molecular complexity index is 1360. The molecule has 0 aliphatic heterocycles. The monoisotopic (exact) mass is 516 g/mol. The Balaban J connectivity index is 1.39. The molecule has 0 bridgehead atoms. The zero-order chi connectivity index (χ0) is 23.9. The fraction of sp³-hybridized carbons (Fsp3) is 0.0741. The molecule has 0 spiro atoms. The molecule has 4 rings (SSSR count). The first-order valence-electron chi connectivity index (χ1n) is 10.5. The van der Waals surface area contributed by atoms with Gasteiger partial charge in [-0.25, -0.2) is 10.2 Å². The van der Waals surface area contributed by atoms with E-state index in [-0.39, 0.29) is 6.61 Å². The van der Waals surface area contributed by atoms with E-state index in [4.69, 9.17) is 9.47 Å². The molecule has 4 aromatic carbocycles. The second kappa shape index (κ2) is 10.8. The van der Waals surface area contributed by atoms with Gasteiger partial charge in [0, 0.05) is 15.4 Å². The van der Waals surface area contributed by atoms with Crippen molar-refractivity contribution in [2.24, 2.45) is 5.10 Å². The number of amides is 1. The van der Waals surface area contributed by atoms with Gasteiger partial charge in [0.1, 0.15) is 11.5 Å². The molecule has 0 aliphatic carbocycles. The van der Waals surface area contributed by atoms with Crippen molar-refractivity contribution < 1.29 is 19.1 Å². The van der Waals surface area contributed by atoms with Crippen LogP contribution >= 0.6 is 15.9 Å². The topological polar surface area (TPSA) is 77.0 Å². The third-order valence-corrected chi connectivity index (χ3v) is 5.46. The lowest BCUT2D eigenvalue weighted by atomic mass is 10.1.